The first kappa shape index (κ1) is 20.7. The van der Waals surface area contributed by atoms with Crippen molar-refractivity contribution in [2.75, 3.05) is 50.9 Å². The Labute approximate surface area is 184 Å². The maximum Gasteiger partial charge on any atom is 0.225 e. The average molecular weight is 425 g/mol. The fraction of sp³-hybridized carbons (Fsp3) is 0.583. The topological polar surface area (TPSA) is 71.0 Å². The molecule has 3 aliphatic heterocycles. The van der Waals surface area contributed by atoms with Crippen LogP contribution >= 0.6 is 0 Å². The van der Waals surface area contributed by atoms with Gasteiger partial charge in [0.05, 0.1) is 12.2 Å². The van der Waals surface area contributed by atoms with Crippen molar-refractivity contribution in [3.05, 3.63) is 47.3 Å². The third-order valence-corrected chi connectivity index (χ3v) is 7.06. The monoisotopic (exact) mass is 424 g/mol. The van der Waals surface area contributed by atoms with Gasteiger partial charge in [0, 0.05) is 82.7 Å². The number of ether oxygens (including phenoxy) is 2. The molecule has 7 heteroatoms. The van der Waals surface area contributed by atoms with Crippen LogP contribution in [-0.2, 0) is 16.8 Å². The molecule has 0 amide bonds. The maximum atomic E-state index is 10.9. The van der Waals surface area contributed by atoms with Crippen molar-refractivity contribution in [3.8, 4) is 5.75 Å². The number of aromatic nitrogens is 2. The Balaban J connectivity index is 1.23. The molecule has 1 N–H and O–H groups in total. The summed E-state index contributed by atoms with van der Waals surface area (Å²) >= 11 is 0. The number of fused-ring (bicyclic) bond motifs is 1. The van der Waals surface area contributed by atoms with Crippen molar-refractivity contribution < 1.29 is 14.6 Å². The number of benzene rings is 1. The van der Waals surface area contributed by atoms with Gasteiger partial charge in [-0.15, -0.1) is 0 Å². The average Bonchev–Trinajstić information content (AvgIpc) is 3.14. The normalized spacial score (nSPS) is 22.5. The molecule has 0 saturated carbocycles. The van der Waals surface area contributed by atoms with E-state index >= 15 is 0 Å². The molecule has 4 heterocycles. The molecule has 1 aromatic heterocycles. The minimum absolute atomic E-state index is 0.348. The zero-order valence-corrected chi connectivity index (χ0v) is 18.3. The first-order valence-corrected chi connectivity index (χ1v) is 11.5. The summed E-state index contributed by atoms with van der Waals surface area (Å²) in [4.78, 5) is 14.0. The number of rotatable bonds is 4. The largest absolute Gasteiger partial charge is 0.493 e. The van der Waals surface area contributed by atoms with Crippen LogP contribution in [0.15, 0.2) is 30.6 Å². The molecule has 2 saturated heterocycles. The second-order valence-electron chi connectivity index (χ2n) is 8.93. The fourth-order valence-corrected chi connectivity index (χ4v) is 4.90. The molecule has 0 spiro atoms. The Morgan fingerprint density at radius 3 is 2.65 bits per heavy atom. The lowest BCUT2D eigenvalue weighted by atomic mass is 9.88. The Morgan fingerprint density at radius 1 is 1.03 bits per heavy atom. The van der Waals surface area contributed by atoms with Gasteiger partial charge in [-0.3, -0.25) is 4.90 Å². The van der Waals surface area contributed by atoms with E-state index in [-0.39, 0.29) is 0 Å². The smallest absolute Gasteiger partial charge is 0.225 e. The quantitative estimate of drug-likeness (QED) is 0.809. The summed E-state index contributed by atoms with van der Waals surface area (Å²) in [5.74, 6) is 1.81. The highest BCUT2D eigenvalue weighted by Gasteiger charge is 2.32. The Kier molecular flexibility index (Phi) is 5.82. The summed E-state index contributed by atoms with van der Waals surface area (Å²) in [5.41, 5.74) is 2.58. The molecule has 0 bridgehead atoms. The van der Waals surface area contributed by atoms with Crippen LogP contribution in [0.5, 0.6) is 5.75 Å². The molecule has 31 heavy (non-hydrogen) atoms. The Morgan fingerprint density at radius 2 is 1.84 bits per heavy atom. The summed E-state index contributed by atoms with van der Waals surface area (Å²) in [5, 5.41) is 10.9. The van der Waals surface area contributed by atoms with Crippen LogP contribution in [0.3, 0.4) is 0 Å². The molecule has 166 valence electrons. The zero-order valence-electron chi connectivity index (χ0n) is 18.3. The third-order valence-electron chi connectivity index (χ3n) is 7.06. The fourth-order valence-electron chi connectivity index (χ4n) is 4.90. The molecule has 2 fully saturated rings. The number of nitrogens with zero attached hydrogens (tertiary/aromatic N) is 4. The number of anilines is 1. The lowest BCUT2D eigenvalue weighted by molar-refractivity contribution is -0.0682. The second-order valence-corrected chi connectivity index (χ2v) is 8.93. The molecule has 7 nitrogen and oxygen atoms in total. The van der Waals surface area contributed by atoms with Crippen molar-refractivity contribution in [2.45, 2.75) is 44.2 Å². The Hall–Kier alpha value is -2.22. The summed E-state index contributed by atoms with van der Waals surface area (Å²) in [6, 6.07) is 7.04. The van der Waals surface area contributed by atoms with Crippen LogP contribution in [0.2, 0.25) is 0 Å². The highest BCUT2D eigenvalue weighted by Crippen LogP contribution is 2.32. The highest BCUT2D eigenvalue weighted by molar-refractivity contribution is 5.41. The van der Waals surface area contributed by atoms with Gasteiger partial charge in [0.25, 0.3) is 0 Å². The van der Waals surface area contributed by atoms with E-state index < -0.39 is 5.60 Å². The van der Waals surface area contributed by atoms with Gasteiger partial charge >= 0.3 is 0 Å². The van der Waals surface area contributed by atoms with Gasteiger partial charge in [-0.05, 0) is 30.5 Å². The molecule has 1 aromatic carbocycles. The standard InChI is InChI=1S/C24H32N4O3/c1-18(20-4-3-19-5-12-31-22(19)15-20)27-8-2-9-28(11-10-27)23-25-16-21(17-26-23)24(29)6-13-30-14-7-24/h3-4,15-18,29H,2,5-14H2,1H3. The van der Waals surface area contributed by atoms with E-state index in [9.17, 15) is 5.11 Å². The van der Waals surface area contributed by atoms with Crippen molar-refractivity contribution in [3.63, 3.8) is 0 Å². The van der Waals surface area contributed by atoms with Crippen LogP contribution in [0, 0.1) is 0 Å². The van der Waals surface area contributed by atoms with Gasteiger partial charge in [0.2, 0.25) is 5.95 Å². The minimum Gasteiger partial charge on any atom is -0.493 e. The summed E-state index contributed by atoms with van der Waals surface area (Å²) < 4.78 is 11.2. The number of hydrogen-bond acceptors (Lipinski definition) is 7. The van der Waals surface area contributed by atoms with E-state index in [1.54, 1.807) is 12.4 Å². The van der Waals surface area contributed by atoms with E-state index in [2.05, 4.69) is 44.9 Å². The molecule has 0 aliphatic carbocycles. The number of hydrogen-bond donors (Lipinski definition) is 1. The van der Waals surface area contributed by atoms with Gasteiger partial charge in [-0.1, -0.05) is 12.1 Å². The minimum atomic E-state index is -0.860. The molecule has 1 atom stereocenters. The van der Waals surface area contributed by atoms with Crippen molar-refractivity contribution >= 4 is 5.95 Å². The lowest BCUT2D eigenvalue weighted by Crippen LogP contribution is -2.35. The van der Waals surface area contributed by atoms with Gasteiger partial charge in [-0.2, -0.15) is 0 Å². The predicted octanol–water partition coefficient (Wildman–Crippen LogP) is 2.68. The van der Waals surface area contributed by atoms with E-state index in [0.29, 0.717) is 32.1 Å². The van der Waals surface area contributed by atoms with Crippen LogP contribution in [0.25, 0.3) is 0 Å². The van der Waals surface area contributed by atoms with Crippen molar-refractivity contribution in [2.24, 2.45) is 0 Å². The Bertz CT molecular complexity index is 898. The highest BCUT2D eigenvalue weighted by atomic mass is 16.5. The third kappa shape index (κ3) is 4.27. The van der Waals surface area contributed by atoms with E-state index in [1.807, 2.05) is 0 Å². The van der Waals surface area contributed by atoms with Gasteiger partial charge in [0.15, 0.2) is 0 Å². The molecular formula is C24H32N4O3. The summed E-state index contributed by atoms with van der Waals surface area (Å²) in [6.07, 6.45) is 6.87. The maximum absolute atomic E-state index is 10.9. The van der Waals surface area contributed by atoms with E-state index in [1.165, 1.54) is 11.1 Å². The molecular weight excluding hydrogens is 392 g/mol. The van der Waals surface area contributed by atoms with Gasteiger partial charge in [-0.25, -0.2) is 9.97 Å². The van der Waals surface area contributed by atoms with Gasteiger partial charge < -0.3 is 19.5 Å². The zero-order chi connectivity index (χ0) is 21.3. The summed E-state index contributed by atoms with van der Waals surface area (Å²) in [7, 11) is 0. The van der Waals surface area contributed by atoms with Crippen LogP contribution in [0.4, 0.5) is 5.95 Å². The van der Waals surface area contributed by atoms with Crippen LogP contribution < -0.4 is 9.64 Å². The van der Waals surface area contributed by atoms with E-state index in [0.717, 1.165) is 62.9 Å². The van der Waals surface area contributed by atoms with Crippen LogP contribution in [-0.4, -0.2) is 66.0 Å². The second kappa shape index (κ2) is 8.73. The molecule has 1 unspecified atom stereocenters. The SMILES string of the molecule is CC(c1ccc2c(c1)OCC2)N1CCCN(c2ncc(C3(O)CCOCC3)cn2)CC1. The van der Waals surface area contributed by atoms with Crippen molar-refractivity contribution in [1.29, 1.82) is 0 Å². The summed E-state index contributed by atoms with van der Waals surface area (Å²) in [6.45, 7) is 8.08. The molecule has 5 rings (SSSR count). The first-order valence-electron chi connectivity index (χ1n) is 11.5. The lowest BCUT2D eigenvalue weighted by Gasteiger charge is -2.32. The molecule has 2 aromatic rings. The number of aliphatic hydroxyl groups is 1. The van der Waals surface area contributed by atoms with Crippen LogP contribution in [0.1, 0.15) is 48.9 Å². The van der Waals surface area contributed by atoms with E-state index in [4.69, 9.17) is 9.47 Å². The predicted molar refractivity (Wildman–Crippen MR) is 118 cm³/mol. The van der Waals surface area contributed by atoms with Gasteiger partial charge in [0.1, 0.15) is 5.75 Å². The molecule has 3 aliphatic rings. The molecule has 0 radical (unpaired) electrons. The first-order chi connectivity index (χ1) is 15.1. The van der Waals surface area contributed by atoms with Crippen molar-refractivity contribution in [1.82, 2.24) is 14.9 Å².